The molecule has 1 aliphatic rings. The third-order valence-corrected chi connectivity index (χ3v) is 4.47. The van der Waals surface area contributed by atoms with Gasteiger partial charge in [0.2, 0.25) is 5.91 Å². The van der Waals surface area contributed by atoms with Gasteiger partial charge in [-0.15, -0.1) is 0 Å². The number of carbonyl (C=O) groups excluding carboxylic acids is 2. The number of hydrogen-bond donors (Lipinski definition) is 2. The molecule has 0 spiro atoms. The van der Waals surface area contributed by atoms with E-state index in [0.717, 1.165) is 12.8 Å². The van der Waals surface area contributed by atoms with Crippen LogP contribution in [-0.2, 0) is 4.79 Å². The van der Waals surface area contributed by atoms with E-state index in [4.69, 9.17) is 0 Å². The minimum Gasteiger partial charge on any atom is -0.340 e. The first-order valence-electron chi connectivity index (χ1n) is 8.45. The minimum atomic E-state index is -0.585. The molecule has 1 aromatic rings. The summed E-state index contributed by atoms with van der Waals surface area (Å²) in [4.78, 5) is 27.0. The Morgan fingerprint density at radius 2 is 1.92 bits per heavy atom. The molecule has 132 valence electrons. The Morgan fingerprint density at radius 3 is 2.50 bits per heavy atom. The summed E-state index contributed by atoms with van der Waals surface area (Å²) < 4.78 is 13.0. The molecule has 0 bridgehead atoms. The van der Waals surface area contributed by atoms with Crippen molar-refractivity contribution in [1.82, 2.24) is 15.5 Å². The highest BCUT2D eigenvalue weighted by atomic mass is 19.1. The van der Waals surface area contributed by atoms with Crippen molar-refractivity contribution >= 4 is 11.8 Å². The molecule has 2 N–H and O–H groups in total. The van der Waals surface area contributed by atoms with E-state index in [1.807, 2.05) is 25.8 Å². The molecule has 1 heterocycles. The predicted molar refractivity (Wildman–Crippen MR) is 91.2 cm³/mol. The Kier molecular flexibility index (Phi) is 6.31. The van der Waals surface area contributed by atoms with E-state index in [1.54, 1.807) is 0 Å². The van der Waals surface area contributed by atoms with Crippen LogP contribution < -0.4 is 10.6 Å². The third-order valence-electron chi connectivity index (χ3n) is 4.47. The molecule has 0 radical (unpaired) electrons. The summed E-state index contributed by atoms with van der Waals surface area (Å²) in [6.07, 6.45) is 2.00. The smallest absolute Gasteiger partial charge is 0.251 e. The van der Waals surface area contributed by atoms with Crippen LogP contribution >= 0.6 is 0 Å². The molecule has 2 atom stereocenters. The lowest BCUT2D eigenvalue weighted by atomic mass is 9.99. The molecular formula is C18H26FN3O2. The van der Waals surface area contributed by atoms with E-state index in [1.165, 1.54) is 24.3 Å². The van der Waals surface area contributed by atoms with Crippen LogP contribution in [0.3, 0.4) is 0 Å². The standard InChI is InChI=1S/C18H26FN3O2/c1-12(2)16(18(24)22-10-4-5-15(11-22)20-3)21-17(23)13-6-8-14(19)9-7-13/h6-9,12,15-16,20H,4-5,10-11H2,1-3H3,(H,21,23). The van der Waals surface area contributed by atoms with Gasteiger partial charge in [0.15, 0.2) is 0 Å². The van der Waals surface area contributed by atoms with Crippen LogP contribution in [0.2, 0.25) is 0 Å². The largest absolute Gasteiger partial charge is 0.340 e. The molecule has 1 aliphatic heterocycles. The van der Waals surface area contributed by atoms with Crippen LogP contribution in [-0.4, -0.2) is 48.9 Å². The molecule has 1 aromatic carbocycles. The number of likely N-dealkylation sites (tertiary alicyclic amines) is 1. The van der Waals surface area contributed by atoms with Crippen molar-refractivity contribution < 1.29 is 14.0 Å². The van der Waals surface area contributed by atoms with E-state index in [2.05, 4.69) is 10.6 Å². The molecule has 6 heteroatoms. The minimum absolute atomic E-state index is 0.0307. The van der Waals surface area contributed by atoms with Crippen LogP contribution in [0.1, 0.15) is 37.0 Å². The Bertz CT molecular complexity index is 574. The van der Waals surface area contributed by atoms with Crippen molar-refractivity contribution in [3.63, 3.8) is 0 Å². The molecular weight excluding hydrogens is 309 g/mol. The van der Waals surface area contributed by atoms with Gasteiger partial charge < -0.3 is 15.5 Å². The van der Waals surface area contributed by atoms with Gasteiger partial charge in [0.05, 0.1) is 0 Å². The highest BCUT2D eigenvalue weighted by Crippen LogP contribution is 2.15. The molecule has 5 nitrogen and oxygen atoms in total. The number of benzene rings is 1. The molecule has 2 rings (SSSR count). The number of piperidine rings is 1. The number of likely N-dealkylation sites (N-methyl/N-ethyl adjacent to an activating group) is 1. The van der Waals surface area contributed by atoms with Crippen molar-refractivity contribution in [2.75, 3.05) is 20.1 Å². The normalized spacial score (nSPS) is 19.2. The number of rotatable bonds is 5. The van der Waals surface area contributed by atoms with E-state index in [-0.39, 0.29) is 17.7 Å². The number of hydrogen-bond acceptors (Lipinski definition) is 3. The zero-order valence-electron chi connectivity index (χ0n) is 14.5. The molecule has 1 saturated heterocycles. The number of carbonyl (C=O) groups is 2. The fraction of sp³-hybridized carbons (Fsp3) is 0.556. The first-order valence-corrected chi connectivity index (χ1v) is 8.45. The van der Waals surface area contributed by atoms with Crippen LogP contribution in [0, 0.1) is 11.7 Å². The first-order chi connectivity index (χ1) is 11.4. The van der Waals surface area contributed by atoms with Gasteiger partial charge in [-0.3, -0.25) is 9.59 Å². The molecule has 0 aliphatic carbocycles. The Labute approximate surface area is 142 Å². The van der Waals surface area contributed by atoms with Crippen molar-refractivity contribution in [2.24, 2.45) is 5.92 Å². The van der Waals surface area contributed by atoms with Gasteiger partial charge >= 0.3 is 0 Å². The lowest BCUT2D eigenvalue weighted by Gasteiger charge is -2.36. The molecule has 0 aromatic heterocycles. The maximum absolute atomic E-state index is 13.0. The number of nitrogens with zero attached hydrogens (tertiary/aromatic N) is 1. The summed E-state index contributed by atoms with van der Waals surface area (Å²) in [5, 5.41) is 6.02. The summed E-state index contributed by atoms with van der Waals surface area (Å²) in [6, 6.07) is 5.03. The van der Waals surface area contributed by atoms with Gasteiger partial charge in [0, 0.05) is 24.7 Å². The van der Waals surface area contributed by atoms with Gasteiger partial charge in [-0.1, -0.05) is 13.8 Å². The van der Waals surface area contributed by atoms with E-state index in [0.29, 0.717) is 24.7 Å². The molecule has 24 heavy (non-hydrogen) atoms. The summed E-state index contributed by atoms with van der Waals surface area (Å²) in [7, 11) is 1.90. The average molecular weight is 335 g/mol. The number of halogens is 1. The van der Waals surface area contributed by atoms with Crippen molar-refractivity contribution in [3.8, 4) is 0 Å². The molecule has 0 saturated carbocycles. The van der Waals surface area contributed by atoms with Crippen LogP contribution in [0.5, 0.6) is 0 Å². The summed E-state index contributed by atoms with van der Waals surface area (Å²) in [5.74, 6) is -0.837. The van der Waals surface area contributed by atoms with E-state index >= 15 is 0 Å². The van der Waals surface area contributed by atoms with Crippen LogP contribution in [0.4, 0.5) is 4.39 Å². The Morgan fingerprint density at radius 1 is 1.25 bits per heavy atom. The van der Waals surface area contributed by atoms with E-state index < -0.39 is 11.9 Å². The maximum Gasteiger partial charge on any atom is 0.251 e. The SMILES string of the molecule is CNC1CCCN(C(=O)C(NC(=O)c2ccc(F)cc2)C(C)C)C1. The monoisotopic (exact) mass is 335 g/mol. The summed E-state index contributed by atoms with van der Waals surface area (Å²) in [5.41, 5.74) is 0.349. The second-order valence-corrected chi connectivity index (χ2v) is 6.61. The highest BCUT2D eigenvalue weighted by molar-refractivity contribution is 5.97. The topological polar surface area (TPSA) is 61.4 Å². The number of nitrogens with one attached hydrogen (secondary N) is 2. The molecule has 2 unspecified atom stereocenters. The fourth-order valence-electron chi connectivity index (χ4n) is 2.95. The summed E-state index contributed by atoms with van der Waals surface area (Å²) in [6.45, 7) is 5.19. The Hall–Kier alpha value is -1.95. The van der Waals surface area contributed by atoms with Crippen molar-refractivity contribution in [2.45, 2.75) is 38.8 Å². The lowest BCUT2D eigenvalue weighted by Crippen LogP contribution is -2.55. The third kappa shape index (κ3) is 4.54. The lowest BCUT2D eigenvalue weighted by molar-refractivity contribution is -0.135. The highest BCUT2D eigenvalue weighted by Gasteiger charge is 2.31. The number of amides is 2. The zero-order chi connectivity index (χ0) is 17.7. The molecule has 1 fully saturated rings. The van der Waals surface area contributed by atoms with Crippen LogP contribution in [0.15, 0.2) is 24.3 Å². The van der Waals surface area contributed by atoms with Gasteiger partial charge in [0.25, 0.3) is 5.91 Å². The molecule has 2 amide bonds. The fourth-order valence-corrected chi connectivity index (χ4v) is 2.95. The van der Waals surface area contributed by atoms with Gasteiger partial charge in [-0.2, -0.15) is 0 Å². The van der Waals surface area contributed by atoms with Crippen molar-refractivity contribution in [3.05, 3.63) is 35.6 Å². The van der Waals surface area contributed by atoms with Crippen molar-refractivity contribution in [1.29, 1.82) is 0 Å². The maximum atomic E-state index is 13.0. The quantitative estimate of drug-likeness (QED) is 0.862. The van der Waals surface area contributed by atoms with Gasteiger partial charge in [-0.25, -0.2) is 4.39 Å². The average Bonchev–Trinajstić information content (AvgIpc) is 2.59. The van der Waals surface area contributed by atoms with E-state index in [9.17, 15) is 14.0 Å². The first kappa shape index (κ1) is 18.4. The predicted octanol–water partition coefficient (Wildman–Crippen LogP) is 1.79. The summed E-state index contributed by atoms with van der Waals surface area (Å²) >= 11 is 0. The van der Waals surface area contributed by atoms with Gasteiger partial charge in [0.1, 0.15) is 11.9 Å². The second-order valence-electron chi connectivity index (χ2n) is 6.61. The Balaban J connectivity index is 2.06. The van der Waals surface area contributed by atoms with Gasteiger partial charge in [-0.05, 0) is 50.1 Å². The zero-order valence-corrected chi connectivity index (χ0v) is 14.5. The van der Waals surface area contributed by atoms with Crippen LogP contribution in [0.25, 0.3) is 0 Å². The second kappa shape index (κ2) is 8.24.